The lowest BCUT2D eigenvalue weighted by atomic mass is 10.2. The summed E-state index contributed by atoms with van der Waals surface area (Å²) in [5, 5.41) is 6.97. The number of anilines is 1. The van der Waals surface area contributed by atoms with Gasteiger partial charge in [-0.05, 0) is 31.5 Å². The van der Waals surface area contributed by atoms with Crippen molar-refractivity contribution in [2.75, 3.05) is 5.32 Å². The molecule has 0 saturated heterocycles. The number of amides is 1. The van der Waals surface area contributed by atoms with E-state index >= 15 is 0 Å². The molecule has 1 heterocycles. The number of carbonyl (C=O) groups is 1. The van der Waals surface area contributed by atoms with Crippen molar-refractivity contribution in [3.63, 3.8) is 0 Å². The van der Waals surface area contributed by atoms with E-state index in [-0.39, 0.29) is 11.2 Å². The minimum absolute atomic E-state index is 0.0923. The Morgan fingerprint density at radius 1 is 1.50 bits per heavy atom. The lowest BCUT2D eigenvalue weighted by Crippen LogP contribution is -2.22. The first-order chi connectivity index (χ1) is 9.54. The number of hydrogen-bond acceptors (Lipinski definition) is 4. The van der Waals surface area contributed by atoms with Gasteiger partial charge in [-0.15, -0.1) is 11.8 Å². The smallest absolute Gasteiger partial charge is 0.238 e. The van der Waals surface area contributed by atoms with Gasteiger partial charge in [0.05, 0.1) is 5.25 Å². The molecule has 1 amide bonds. The van der Waals surface area contributed by atoms with Crippen molar-refractivity contribution in [2.45, 2.75) is 24.9 Å². The first kappa shape index (κ1) is 14.9. The molecule has 0 aliphatic carbocycles. The third kappa shape index (κ3) is 4.28. The van der Waals surface area contributed by atoms with E-state index < -0.39 is 0 Å². The Labute approximate surface area is 126 Å². The SMILES string of the molecule is Cc1cc(NC(=O)C(C)SCc2cccc(Cl)c2)no1. The molecule has 0 spiro atoms. The zero-order valence-electron chi connectivity index (χ0n) is 11.2. The Balaban J connectivity index is 1.85. The summed E-state index contributed by atoms with van der Waals surface area (Å²) in [5.41, 5.74) is 1.10. The zero-order valence-corrected chi connectivity index (χ0v) is 12.8. The quantitative estimate of drug-likeness (QED) is 0.910. The number of nitrogens with one attached hydrogen (secondary N) is 1. The Morgan fingerprint density at radius 2 is 2.30 bits per heavy atom. The van der Waals surface area contributed by atoms with E-state index in [0.29, 0.717) is 16.6 Å². The number of rotatable bonds is 5. The minimum Gasteiger partial charge on any atom is -0.360 e. The molecule has 2 rings (SSSR count). The average molecular weight is 311 g/mol. The van der Waals surface area contributed by atoms with Gasteiger partial charge in [0.25, 0.3) is 0 Å². The van der Waals surface area contributed by atoms with Gasteiger partial charge in [-0.25, -0.2) is 0 Å². The van der Waals surface area contributed by atoms with Crippen LogP contribution in [0.5, 0.6) is 0 Å². The summed E-state index contributed by atoms with van der Waals surface area (Å²) in [5.74, 6) is 1.75. The summed E-state index contributed by atoms with van der Waals surface area (Å²) in [6, 6.07) is 9.32. The number of benzene rings is 1. The van der Waals surface area contributed by atoms with Crippen LogP contribution in [0, 0.1) is 6.92 Å². The van der Waals surface area contributed by atoms with Crippen LogP contribution < -0.4 is 5.32 Å². The van der Waals surface area contributed by atoms with Crippen LogP contribution in [0.3, 0.4) is 0 Å². The fraction of sp³-hybridized carbons (Fsp3) is 0.286. The molecule has 2 aromatic rings. The molecule has 0 bridgehead atoms. The van der Waals surface area contributed by atoms with E-state index in [1.807, 2.05) is 31.2 Å². The third-order valence-electron chi connectivity index (χ3n) is 2.64. The van der Waals surface area contributed by atoms with Gasteiger partial charge in [-0.2, -0.15) is 0 Å². The largest absolute Gasteiger partial charge is 0.360 e. The van der Waals surface area contributed by atoms with Crippen LogP contribution in [0.4, 0.5) is 5.82 Å². The summed E-state index contributed by atoms with van der Waals surface area (Å²) in [6.07, 6.45) is 0. The summed E-state index contributed by atoms with van der Waals surface area (Å²) >= 11 is 7.47. The zero-order chi connectivity index (χ0) is 14.5. The maximum absolute atomic E-state index is 12.0. The number of aryl methyl sites for hydroxylation is 1. The lowest BCUT2D eigenvalue weighted by Gasteiger charge is -2.10. The van der Waals surface area contributed by atoms with Crippen LogP contribution in [0.15, 0.2) is 34.9 Å². The first-order valence-electron chi connectivity index (χ1n) is 6.15. The van der Waals surface area contributed by atoms with Crippen molar-refractivity contribution in [3.05, 3.63) is 46.7 Å². The Morgan fingerprint density at radius 3 is 2.95 bits per heavy atom. The highest BCUT2D eigenvalue weighted by Gasteiger charge is 2.15. The highest BCUT2D eigenvalue weighted by molar-refractivity contribution is 7.99. The van der Waals surface area contributed by atoms with Crippen LogP contribution in [-0.2, 0) is 10.5 Å². The lowest BCUT2D eigenvalue weighted by molar-refractivity contribution is -0.115. The van der Waals surface area contributed by atoms with E-state index in [0.717, 1.165) is 11.3 Å². The monoisotopic (exact) mass is 310 g/mol. The van der Waals surface area contributed by atoms with Gasteiger partial charge in [-0.1, -0.05) is 28.9 Å². The van der Waals surface area contributed by atoms with Gasteiger partial charge in [-0.3, -0.25) is 4.79 Å². The summed E-state index contributed by atoms with van der Waals surface area (Å²) in [4.78, 5) is 12.0. The van der Waals surface area contributed by atoms with Gasteiger partial charge >= 0.3 is 0 Å². The van der Waals surface area contributed by atoms with E-state index in [1.54, 1.807) is 24.8 Å². The van der Waals surface area contributed by atoms with E-state index in [9.17, 15) is 4.79 Å². The third-order valence-corrected chi connectivity index (χ3v) is 4.09. The van der Waals surface area contributed by atoms with E-state index in [2.05, 4.69) is 10.5 Å². The van der Waals surface area contributed by atoms with Crippen LogP contribution in [0.2, 0.25) is 5.02 Å². The average Bonchev–Trinajstić information content (AvgIpc) is 2.81. The number of aromatic nitrogens is 1. The molecule has 4 nitrogen and oxygen atoms in total. The molecule has 0 fully saturated rings. The van der Waals surface area contributed by atoms with Gasteiger partial charge < -0.3 is 9.84 Å². The number of hydrogen-bond donors (Lipinski definition) is 1. The molecular formula is C14H15ClN2O2S. The topological polar surface area (TPSA) is 55.1 Å². The van der Waals surface area contributed by atoms with E-state index in [1.165, 1.54) is 0 Å². The molecule has 1 N–H and O–H groups in total. The molecule has 1 aromatic carbocycles. The predicted molar refractivity (Wildman–Crippen MR) is 82.1 cm³/mol. The number of carbonyl (C=O) groups excluding carboxylic acids is 1. The van der Waals surface area contributed by atoms with Crippen molar-refractivity contribution in [1.82, 2.24) is 5.16 Å². The standard InChI is InChI=1S/C14H15ClN2O2S/c1-9-6-13(17-19-9)16-14(18)10(2)20-8-11-4-3-5-12(15)7-11/h3-7,10H,8H2,1-2H3,(H,16,17,18). The molecule has 0 radical (unpaired) electrons. The van der Waals surface area contributed by atoms with Crippen molar-refractivity contribution >= 4 is 35.1 Å². The normalized spacial score (nSPS) is 12.2. The van der Waals surface area contributed by atoms with Crippen LogP contribution in [0.1, 0.15) is 18.2 Å². The molecule has 20 heavy (non-hydrogen) atoms. The molecular weight excluding hydrogens is 296 g/mol. The fourth-order valence-corrected chi connectivity index (χ4v) is 2.62. The fourth-order valence-electron chi connectivity index (χ4n) is 1.58. The van der Waals surface area contributed by atoms with Crippen LogP contribution in [0.25, 0.3) is 0 Å². The van der Waals surface area contributed by atoms with Crippen molar-refractivity contribution < 1.29 is 9.32 Å². The van der Waals surface area contributed by atoms with Gasteiger partial charge in [0.2, 0.25) is 5.91 Å². The van der Waals surface area contributed by atoms with Crippen molar-refractivity contribution in [1.29, 1.82) is 0 Å². The maximum Gasteiger partial charge on any atom is 0.238 e. The molecule has 0 aliphatic heterocycles. The molecule has 1 aromatic heterocycles. The number of thioether (sulfide) groups is 1. The Hall–Kier alpha value is -1.46. The molecule has 6 heteroatoms. The molecule has 0 saturated carbocycles. The second kappa shape index (κ2) is 6.81. The Kier molecular flexibility index (Phi) is 5.09. The van der Waals surface area contributed by atoms with Crippen molar-refractivity contribution in [3.8, 4) is 0 Å². The summed E-state index contributed by atoms with van der Waals surface area (Å²) < 4.78 is 4.90. The maximum atomic E-state index is 12.0. The Bertz CT molecular complexity index is 600. The van der Waals surface area contributed by atoms with Crippen LogP contribution in [-0.4, -0.2) is 16.3 Å². The number of nitrogens with zero attached hydrogens (tertiary/aromatic N) is 1. The molecule has 0 aliphatic rings. The number of halogens is 1. The second-order valence-electron chi connectivity index (χ2n) is 4.40. The van der Waals surface area contributed by atoms with Crippen molar-refractivity contribution in [2.24, 2.45) is 0 Å². The highest BCUT2D eigenvalue weighted by Crippen LogP contribution is 2.21. The summed E-state index contributed by atoms with van der Waals surface area (Å²) in [7, 11) is 0. The molecule has 106 valence electrons. The summed E-state index contributed by atoms with van der Waals surface area (Å²) in [6.45, 7) is 3.64. The predicted octanol–water partition coefficient (Wildman–Crippen LogP) is 3.90. The second-order valence-corrected chi connectivity index (χ2v) is 6.16. The van der Waals surface area contributed by atoms with Gasteiger partial charge in [0, 0.05) is 16.8 Å². The van der Waals surface area contributed by atoms with E-state index in [4.69, 9.17) is 16.1 Å². The van der Waals surface area contributed by atoms with Gasteiger partial charge in [0.1, 0.15) is 5.76 Å². The molecule has 1 unspecified atom stereocenters. The minimum atomic E-state index is -0.189. The van der Waals surface area contributed by atoms with Gasteiger partial charge in [0.15, 0.2) is 5.82 Å². The molecule has 1 atom stereocenters. The first-order valence-corrected chi connectivity index (χ1v) is 7.57. The highest BCUT2D eigenvalue weighted by atomic mass is 35.5. The van der Waals surface area contributed by atoms with Crippen LogP contribution >= 0.6 is 23.4 Å².